The van der Waals surface area contributed by atoms with Crippen molar-refractivity contribution in [2.45, 2.75) is 0 Å². The summed E-state index contributed by atoms with van der Waals surface area (Å²) in [5.41, 5.74) is -6.27. The van der Waals surface area contributed by atoms with Crippen molar-refractivity contribution in [3.8, 4) is 44.5 Å². The summed E-state index contributed by atoms with van der Waals surface area (Å²) in [6.45, 7) is 0. The fourth-order valence-electron chi connectivity index (χ4n) is 6.19. The summed E-state index contributed by atoms with van der Waals surface area (Å²) in [6, 6.07) is -26.1. The molecule has 0 atom stereocenters. The van der Waals surface area contributed by atoms with Gasteiger partial charge in [0.25, 0.3) is 0 Å². The lowest BCUT2D eigenvalue weighted by molar-refractivity contribution is 1.58. The first-order valence-corrected chi connectivity index (χ1v) is 15.0. The van der Waals surface area contributed by atoms with Crippen LogP contribution in [0, 0.1) is 0 Å². The van der Waals surface area contributed by atoms with Gasteiger partial charge in [0.15, 0.2) is 0 Å². The van der Waals surface area contributed by atoms with Gasteiger partial charge in [-0.25, -0.2) is 0 Å². The van der Waals surface area contributed by atoms with E-state index in [9.17, 15) is 16.4 Å². The minimum atomic E-state index is -1.08. The summed E-state index contributed by atoms with van der Waals surface area (Å²) in [4.78, 5) is 0. The number of rotatable bonds is 4. The highest BCUT2D eigenvalue weighted by Gasteiger charge is 2.14. The van der Waals surface area contributed by atoms with Crippen molar-refractivity contribution in [3.63, 3.8) is 0 Å². The van der Waals surface area contributed by atoms with E-state index >= 15 is 0 Å². The molecule has 0 bridgehead atoms. The average molecular weight is 661 g/mol. The molecule has 0 aliphatic carbocycles. The topological polar surface area (TPSA) is 0 Å². The van der Waals surface area contributed by atoms with Crippen LogP contribution in [0.2, 0.25) is 0 Å². The van der Waals surface area contributed by atoms with Crippen molar-refractivity contribution in [1.82, 2.24) is 0 Å². The van der Waals surface area contributed by atoms with E-state index < -0.39 is 269 Å². The molecule has 0 nitrogen and oxygen atoms in total. The second-order valence-electron chi connectivity index (χ2n) is 11.2. The molecular weight excluding hydrogens is 601 g/mol. The van der Waals surface area contributed by atoms with E-state index in [1.54, 1.807) is 0 Å². The van der Waals surface area contributed by atoms with Crippen molar-refractivity contribution in [2.24, 2.45) is 0 Å². The minimum absolute atomic E-state index is 0.255. The van der Waals surface area contributed by atoms with Gasteiger partial charge in [0.2, 0.25) is 0 Å². The highest BCUT2D eigenvalue weighted by molar-refractivity contribution is 6.26. The van der Waals surface area contributed by atoms with Gasteiger partial charge in [0.05, 0.1) is 41.1 Å². The van der Waals surface area contributed by atoms with Crippen LogP contribution >= 0.6 is 0 Å². The third kappa shape index (κ3) is 4.06. The Kier molecular flexibility index (Phi) is 2.37. The van der Waals surface area contributed by atoms with E-state index in [0.717, 1.165) is 0 Å². The van der Waals surface area contributed by atoms with Crippen LogP contribution in [0.15, 0.2) is 181 Å². The van der Waals surface area contributed by atoms with E-state index in [4.69, 9.17) is 24.7 Å². The van der Waals surface area contributed by atoms with Crippen molar-refractivity contribution in [2.75, 3.05) is 0 Å². The molecule has 0 aromatic heterocycles. The van der Waals surface area contributed by atoms with Crippen molar-refractivity contribution >= 4 is 64.6 Å². The predicted octanol–water partition coefficient (Wildman–Crippen LogP) is 14.1. The SMILES string of the molecule is [2H]c1c([2H])c(-c2c([2H])c([2H])c(-c3c([2H])c([2H])c4c([2H])c([2H])c5c([2H])c([2H])c([2H])c6c([2H])c([2H])c3c4c56)c([2H])c2[2H])c([2H])c([2H])c1-c1c([2H])c([2H])c(-c2c([2H])c([2H])c3c([2H])c([2H])c4c([2H])c([2H])c([2H])c5c([2H])c([2H])c2c3c45)c([2H])c1[2H]. The number of hydrogen-bond donors (Lipinski definition) is 0. The Morgan fingerprint density at radius 3 is 0.820 bits per heavy atom. The fourth-order valence-corrected chi connectivity index (χ4v) is 6.19. The predicted molar refractivity (Wildman–Crippen MR) is 216 cm³/mol. The Labute approximate surface area is 332 Å². The second kappa shape index (κ2) is 10.5. The molecule has 0 radical (unpaired) electrons. The van der Waals surface area contributed by atoms with E-state index in [1.807, 2.05) is 0 Å². The van der Waals surface area contributed by atoms with Gasteiger partial charge in [0.1, 0.15) is 0 Å². The molecule has 0 amide bonds. The molecule has 0 saturated carbocycles. The van der Waals surface area contributed by atoms with Crippen molar-refractivity contribution in [3.05, 3.63) is 181 Å². The molecular formula is C50H30. The van der Waals surface area contributed by atoms with Crippen LogP contribution < -0.4 is 0 Å². The Morgan fingerprint density at radius 2 is 0.480 bits per heavy atom. The molecule has 0 fully saturated rings. The zero-order valence-corrected chi connectivity index (χ0v) is 25.0. The maximum Gasteiger partial charge on any atom is 0.0630 e. The summed E-state index contributed by atoms with van der Waals surface area (Å²) in [7, 11) is 0. The molecule has 0 aliphatic heterocycles. The summed E-state index contributed by atoms with van der Waals surface area (Å²) in [5.74, 6) is 0. The lowest BCUT2D eigenvalue weighted by atomic mass is 9.89. The van der Waals surface area contributed by atoms with Gasteiger partial charge in [-0.05, 0) is 109 Å². The van der Waals surface area contributed by atoms with E-state index in [2.05, 4.69) is 0 Å². The highest BCUT2D eigenvalue weighted by Crippen LogP contribution is 2.41. The monoisotopic (exact) mass is 660 g/mol. The summed E-state index contributed by atoms with van der Waals surface area (Å²) >= 11 is 0. The number of benzene rings is 11. The van der Waals surface area contributed by atoms with Gasteiger partial charge >= 0.3 is 0 Å². The molecule has 0 N–H and O–H groups in total. The molecule has 0 aliphatic rings. The molecule has 11 rings (SSSR count). The minimum Gasteiger partial charge on any atom is -0.0610 e. The second-order valence-corrected chi connectivity index (χ2v) is 11.2. The molecule has 0 saturated heterocycles. The fraction of sp³-hybridized carbons (Fsp3) is 0. The summed E-state index contributed by atoms with van der Waals surface area (Å²) in [5, 5.41) is -4.50. The maximum atomic E-state index is 9.30. The normalized spacial score (nSPS) is 20.4. The van der Waals surface area contributed by atoms with Gasteiger partial charge < -0.3 is 0 Å². The Bertz CT molecular complexity index is 4370. The zero-order chi connectivity index (χ0) is 58.9. The first-order chi connectivity index (χ1) is 37.3. The third-order valence-electron chi connectivity index (χ3n) is 8.50. The van der Waals surface area contributed by atoms with Crippen molar-refractivity contribution < 1.29 is 41.1 Å². The van der Waals surface area contributed by atoms with E-state index in [1.165, 1.54) is 0 Å². The largest absolute Gasteiger partial charge is 0.0630 e. The Balaban J connectivity index is 1.15. The maximum absolute atomic E-state index is 9.30. The molecule has 50 heavy (non-hydrogen) atoms. The smallest absolute Gasteiger partial charge is 0.0610 e. The standard InChI is InChI=1S/C50H30/c1-3-37-19-21-41-23-27-43(45-29-25-39(5-1)47(37)49(41)45)35-15-11-33(12-16-35)31-7-9-32(10-8-31)34-13-17-36(18-14-34)44-28-24-42-22-20-38-4-2-6-40-26-30-46(44)50(42)48(38)40/h1-30H/i1D,2D,3D,4D,5D,6D,7D,8D,9D,10D,11D,12D,13D,14D,15D,16D,17D,18D,19D,20D,21D,22D,23D,24D,25D,26D,27D,28D,29D,30D. The van der Waals surface area contributed by atoms with Crippen LogP contribution in [-0.2, 0) is 0 Å². The van der Waals surface area contributed by atoms with E-state index in [-0.39, 0.29) is 21.5 Å². The van der Waals surface area contributed by atoms with Crippen LogP contribution in [0.3, 0.4) is 0 Å². The van der Waals surface area contributed by atoms with Crippen molar-refractivity contribution in [1.29, 1.82) is 0 Å². The third-order valence-corrected chi connectivity index (χ3v) is 8.50. The van der Waals surface area contributed by atoms with Gasteiger partial charge in [-0.2, -0.15) is 0 Å². The van der Waals surface area contributed by atoms with Crippen LogP contribution in [0.1, 0.15) is 41.1 Å². The van der Waals surface area contributed by atoms with Crippen LogP contribution in [-0.4, -0.2) is 0 Å². The molecule has 11 aromatic rings. The Morgan fingerprint density at radius 1 is 0.220 bits per heavy atom. The lowest BCUT2D eigenvalue weighted by Crippen LogP contribution is -1.88. The summed E-state index contributed by atoms with van der Waals surface area (Å²) in [6.07, 6.45) is 0. The molecule has 0 spiro atoms. The average Bonchev–Trinajstić information content (AvgIpc) is 2.55. The van der Waals surface area contributed by atoms with Gasteiger partial charge in [-0.1, -0.05) is 181 Å². The quantitative estimate of drug-likeness (QED) is 0.165. The van der Waals surface area contributed by atoms with Crippen LogP contribution in [0.4, 0.5) is 0 Å². The number of hydrogen-bond acceptors (Lipinski definition) is 0. The molecule has 0 heteroatoms. The zero-order valence-electron chi connectivity index (χ0n) is 55.0. The van der Waals surface area contributed by atoms with E-state index in [0.29, 0.717) is 0 Å². The van der Waals surface area contributed by atoms with Gasteiger partial charge in [-0.3, -0.25) is 0 Å². The molecule has 0 heterocycles. The van der Waals surface area contributed by atoms with Crippen LogP contribution in [0.5, 0.6) is 0 Å². The van der Waals surface area contributed by atoms with Gasteiger partial charge in [0, 0.05) is 0 Å². The van der Waals surface area contributed by atoms with Crippen LogP contribution in [0.25, 0.3) is 109 Å². The van der Waals surface area contributed by atoms with Gasteiger partial charge in [-0.15, -0.1) is 0 Å². The highest BCUT2D eigenvalue weighted by atomic mass is 14.2. The first kappa shape index (κ1) is 11.3. The Hall–Kier alpha value is -6.50. The lowest BCUT2D eigenvalue weighted by Gasteiger charge is -2.14. The summed E-state index contributed by atoms with van der Waals surface area (Å²) < 4.78 is 270. The molecule has 230 valence electrons. The molecule has 0 unspecified atom stereocenters. The molecule has 11 aromatic carbocycles. The first-order valence-electron chi connectivity index (χ1n) is 30.0.